The van der Waals surface area contributed by atoms with E-state index in [1.54, 1.807) is 14.0 Å². The Hall–Kier alpha value is -4.72. The van der Waals surface area contributed by atoms with Gasteiger partial charge in [-0.3, -0.25) is 9.59 Å². The third kappa shape index (κ3) is 6.76. The summed E-state index contributed by atoms with van der Waals surface area (Å²) in [4.78, 5) is 46.7. The molecule has 2 amide bonds. The van der Waals surface area contributed by atoms with E-state index in [1.165, 1.54) is 66.0 Å². The predicted octanol–water partition coefficient (Wildman–Crippen LogP) is 5.60. The number of thiophene rings is 1. The highest BCUT2D eigenvalue weighted by molar-refractivity contribution is 7.20. The minimum atomic E-state index is -1.15. The molecule has 3 heterocycles. The molecular weight excluding hydrogens is 614 g/mol. The summed E-state index contributed by atoms with van der Waals surface area (Å²) in [5.74, 6) is -0.441. The van der Waals surface area contributed by atoms with Gasteiger partial charge in [0.15, 0.2) is 0 Å². The average Bonchev–Trinajstić information content (AvgIpc) is 3.74. The molecule has 5 rings (SSSR count). The number of carbonyl (C=O) groups excluding carboxylic acids is 2. The second-order valence-corrected chi connectivity index (χ2v) is 11.6. The molecule has 242 valence electrons. The summed E-state index contributed by atoms with van der Waals surface area (Å²) in [6.45, 7) is 2.96. The van der Waals surface area contributed by atoms with Gasteiger partial charge < -0.3 is 38.3 Å². The highest BCUT2D eigenvalue weighted by Crippen LogP contribution is 2.44. The molecule has 1 unspecified atom stereocenters. The van der Waals surface area contributed by atoms with Crippen LogP contribution in [0.5, 0.6) is 11.5 Å². The normalized spacial score (nSPS) is 14.0. The van der Waals surface area contributed by atoms with E-state index in [-0.39, 0.29) is 29.5 Å². The average molecular weight is 650 g/mol. The standard InChI is InChI=1S/C33H35N3O9S/c1-20-28(31(38)35(2)24-17-21(33(39)40)9-10-26(24)42-4)32(46-29(20)30-34-13-16-44-30)36(19-37)18-27(45-22-11-14-43-15-12-22)23-7-5-6-8-25(23)41-3/h5-10,13,16-17,19,22,27H,11-12,14-15,18H2,1-4H3,(H,39,40). The summed E-state index contributed by atoms with van der Waals surface area (Å²) in [7, 11) is 4.53. The Morgan fingerprint density at radius 2 is 1.87 bits per heavy atom. The van der Waals surface area contributed by atoms with E-state index in [1.807, 2.05) is 24.3 Å². The number of rotatable bonds is 13. The third-order valence-corrected chi connectivity index (χ3v) is 9.14. The maximum absolute atomic E-state index is 14.4. The van der Waals surface area contributed by atoms with Crippen LogP contribution in [0.2, 0.25) is 0 Å². The smallest absolute Gasteiger partial charge is 0.335 e. The van der Waals surface area contributed by atoms with Crippen LogP contribution < -0.4 is 19.3 Å². The van der Waals surface area contributed by atoms with Crippen LogP contribution in [-0.2, 0) is 14.3 Å². The molecular formula is C33H35N3O9S. The van der Waals surface area contributed by atoms with Gasteiger partial charge in [0.25, 0.3) is 5.91 Å². The number of nitrogens with zero attached hydrogens (tertiary/aromatic N) is 3. The van der Waals surface area contributed by atoms with Crippen LogP contribution in [0.1, 0.15) is 50.8 Å². The van der Waals surface area contributed by atoms with Crippen molar-refractivity contribution in [2.45, 2.75) is 32.0 Å². The second-order valence-electron chi connectivity index (χ2n) is 10.6. The van der Waals surface area contributed by atoms with E-state index >= 15 is 0 Å². The highest BCUT2D eigenvalue weighted by Gasteiger charge is 2.33. The van der Waals surface area contributed by atoms with Crippen LogP contribution in [0.15, 0.2) is 59.3 Å². The first kappa shape index (κ1) is 32.7. The number of anilines is 2. The van der Waals surface area contributed by atoms with Crippen LogP contribution in [0.3, 0.4) is 0 Å². The molecule has 0 aliphatic carbocycles. The zero-order valence-electron chi connectivity index (χ0n) is 25.9. The van der Waals surface area contributed by atoms with Crippen LogP contribution in [0, 0.1) is 6.92 Å². The number of ether oxygens (including phenoxy) is 4. The Kier molecular flexibility index (Phi) is 10.4. The molecule has 2 aromatic carbocycles. The van der Waals surface area contributed by atoms with Crippen molar-refractivity contribution in [3.8, 4) is 22.3 Å². The van der Waals surface area contributed by atoms with Crippen molar-refractivity contribution in [3.05, 3.63) is 77.2 Å². The molecule has 1 atom stereocenters. The summed E-state index contributed by atoms with van der Waals surface area (Å²) in [5, 5.41) is 9.96. The number of benzene rings is 2. The van der Waals surface area contributed by atoms with Crippen LogP contribution in [-0.4, -0.2) is 75.5 Å². The van der Waals surface area contributed by atoms with Crippen molar-refractivity contribution in [1.82, 2.24) is 4.98 Å². The summed E-state index contributed by atoms with van der Waals surface area (Å²) >= 11 is 1.19. The fourth-order valence-electron chi connectivity index (χ4n) is 5.40. The highest BCUT2D eigenvalue weighted by atomic mass is 32.1. The Bertz CT molecular complexity index is 1680. The molecule has 1 aliphatic heterocycles. The largest absolute Gasteiger partial charge is 0.496 e. The van der Waals surface area contributed by atoms with Crippen molar-refractivity contribution in [3.63, 3.8) is 0 Å². The molecule has 1 aliphatic rings. The first-order chi connectivity index (χ1) is 22.3. The number of carboxylic acids is 1. The number of para-hydroxylation sites is 1. The molecule has 12 nitrogen and oxygen atoms in total. The lowest BCUT2D eigenvalue weighted by Gasteiger charge is -2.31. The van der Waals surface area contributed by atoms with Crippen molar-refractivity contribution in [2.24, 2.45) is 0 Å². The van der Waals surface area contributed by atoms with E-state index in [4.69, 9.17) is 23.4 Å². The first-order valence-electron chi connectivity index (χ1n) is 14.6. The Morgan fingerprint density at radius 1 is 1.13 bits per heavy atom. The van der Waals surface area contributed by atoms with Crippen LogP contribution >= 0.6 is 11.3 Å². The number of amides is 2. The lowest BCUT2D eigenvalue weighted by atomic mass is 10.1. The molecule has 1 fully saturated rings. The van der Waals surface area contributed by atoms with E-state index < -0.39 is 18.0 Å². The van der Waals surface area contributed by atoms with Gasteiger partial charge >= 0.3 is 5.97 Å². The number of hydrogen-bond acceptors (Lipinski definition) is 10. The SMILES string of the molecule is COc1ccccc1C(CN(C=O)c1sc(-c2ncco2)c(C)c1C(=O)N(C)c1cc(C(=O)O)ccc1OC)OC1CCOCC1. The maximum Gasteiger partial charge on any atom is 0.335 e. The topological polar surface area (TPSA) is 141 Å². The minimum absolute atomic E-state index is 0.0161. The summed E-state index contributed by atoms with van der Waals surface area (Å²) in [6, 6.07) is 11.7. The molecule has 0 radical (unpaired) electrons. The minimum Gasteiger partial charge on any atom is -0.496 e. The third-order valence-electron chi connectivity index (χ3n) is 7.82. The molecule has 1 N–H and O–H groups in total. The van der Waals surface area contributed by atoms with Crippen molar-refractivity contribution >= 4 is 40.3 Å². The quantitative estimate of drug-likeness (QED) is 0.182. The van der Waals surface area contributed by atoms with E-state index in [0.29, 0.717) is 65.3 Å². The molecule has 0 bridgehead atoms. The lowest BCUT2D eigenvalue weighted by Crippen LogP contribution is -2.34. The van der Waals surface area contributed by atoms with Crippen LogP contribution in [0.25, 0.3) is 10.8 Å². The van der Waals surface area contributed by atoms with Gasteiger partial charge in [-0.2, -0.15) is 0 Å². The molecule has 0 spiro atoms. The van der Waals surface area contributed by atoms with Gasteiger partial charge in [-0.15, -0.1) is 11.3 Å². The Morgan fingerprint density at radius 3 is 2.52 bits per heavy atom. The van der Waals surface area contributed by atoms with Crippen molar-refractivity contribution in [1.29, 1.82) is 0 Å². The molecule has 0 saturated carbocycles. The predicted molar refractivity (Wildman–Crippen MR) is 171 cm³/mol. The first-order valence-corrected chi connectivity index (χ1v) is 15.4. The van der Waals surface area contributed by atoms with Crippen molar-refractivity contribution < 1.29 is 42.9 Å². The molecule has 46 heavy (non-hydrogen) atoms. The number of carboxylic acid groups (broad SMARTS) is 1. The number of carbonyl (C=O) groups is 3. The summed E-state index contributed by atoms with van der Waals surface area (Å²) < 4.78 is 28.9. The van der Waals surface area contributed by atoms with Gasteiger partial charge in [-0.25, -0.2) is 9.78 Å². The van der Waals surface area contributed by atoms with Gasteiger partial charge in [-0.05, 0) is 49.6 Å². The zero-order valence-corrected chi connectivity index (χ0v) is 26.7. The lowest BCUT2D eigenvalue weighted by molar-refractivity contribution is -0.108. The van der Waals surface area contributed by atoms with E-state index in [0.717, 1.165) is 5.56 Å². The van der Waals surface area contributed by atoms with Gasteiger partial charge in [0, 0.05) is 25.8 Å². The van der Waals surface area contributed by atoms with Gasteiger partial charge in [0.2, 0.25) is 12.3 Å². The van der Waals surface area contributed by atoms with Gasteiger partial charge in [-0.1, -0.05) is 18.2 Å². The van der Waals surface area contributed by atoms with E-state index in [2.05, 4.69) is 4.98 Å². The second kappa shape index (κ2) is 14.6. The van der Waals surface area contributed by atoms with E-state index in [9.17, 15) is 19.5 Å². The summed E-state index contributed by atoms with van der Waals surface area (Å²) in [6.07, 6.45) is 4.29. The summed E-state index contributed by atoms with van der Waals surface area (Å²) in [5.41, 5.74) is 1.75. The van der Waals surface area contributed by atoms with Crippen LogP contribution in [0.4, 0.5) is 10.7 Å². The number of aromatic carboxylic acids is 1. The molecule has 1 saturated heterocycles. The fourth-order valence-corrected chi connectivity index (χ4v) is 6.61. The molecule has 4 aromatic rings. The number of hydrogen-bond donors (Lipinski definition) is 1. The number of oxazole rings is 1. The monoisotopic (exact) mass is 649 g/mol. The number of aromatic nitrogens is 1. The Balaban J connectivity index is 1.59. The molecule has 2 aromatic heterocycles. The molecule has 13 heteroatoms. The maximum atomic E-state index is 14.4. The number of methoxy groups -OCH3 is 2. The van der Waals surface area contributed by atoms with Gasteiger partial charge in [0.05, 0.1) is 54.8 Å². The van der Waals surface area contributed by atoms with Gasteiger partial charge in [0.1, 0.15) is 28.9 Å². The Labute approximate surface area is 270 Å². The fraction of sp³-hybridized carbons (Fsp3) is 0.333. The van der Waals surface area contributed by atoms with Crippen molar-refractivity contribution in [2.75, 3.05) is 50.8 Å². The zero-order chi connectivity index (χ0) is 32.8.